The van der Waals surface area contributed by atoms with Gasteiger partial charge in [0.05, 0.1) is 11.1 Å². The Morgan fingerprint density at radius 3 is 2.60 bits per heavy atom. The molecule has 0 bridgehead atoms. The van der Waals surface area contributed by atoms with Crippen LogP contribution < -0.4 is 4.74 Å². The summed E-state index contributed by atoms with van der Waals surface area (Å²) in [6.07, 6.45) is 1.37. The van der Waals surface area contributed by atoms with Crippen molar-refractivity contribution in [1.29, 1.82) is 0 Å². The molecule has 0 unspecified atom stereocenters. The first kappa shape index (κ1) is 13.7. The summed E-state index contributed by atoms with van der Waals surface area (Å²) >= 11 is 0. The van der Waals surface area contributed by atoms with E-state index in [1.165, 1.54) is 25.3 Å². The lowest BCUT2D eigenvalue weighted by Crippen LogP contribution is -1.98. The van der Waals surface area contributed by atoms with Crippen LogP contribution in [0.4, 0.5) is 5.69 Å². The number of benzene rings is 1. The van der Waals surface area contributed by atoms with Crippen LogP contribution in [0.3, 0.4) is 0 Å². The Hall–Kier alpha value is -2.76. The number of nitrogens with zero attached hydrogens (tertiary/aromatic N) is 2. The Bertz CT molecular complexity index is 665. The van der Waals surface area contributed by atoms with Crippen molar-refractivity contribution in [3.63, 3.8) is 0 Å². The van der Waals surface area contributed by atoms with Crippen LogP contribution in [0.15, 0.2) is 36.5 Å². The molecule has 0 spiro atoms. The Morgan fingerprint density at radius 2 is 2.05 bits per heavy atom. The monoisotopic (exact) mass is 272 g/mol. The van der Waals surface area contributed by atoms with E-state index < -0.39 is 4.92 Å². The molecule has 1 aromatic heterocycles. The normalized spacial score (nSPS) is 10.1. The molecule has 0 atom stereocenters. The van der Waals surface area contributed by atoms with Crippen LogP contribution in [0.5, 0.6) is 11.5 Å². The topological polar surface area (TPSA) is 82.3 Å². The molecule has 0 radical (unpaired) electrons. The smallest absolute Gasteiger partial charge is 0.311 e. The molecule has 2 aromatic rings. The van der Waals surface area contributed by atoms with Crippen molar-refractivity contribution in [3.8, 4) is 11.5 Å². The van der Waals surface area contributed by atoms with Crippen LogP contribution in [0.1, 0.15) is 23.0 Å². The lowest BCUT2D eigenvalue weighted by molar-refractivity contribution is -0.385. The number of pyridine rings is 1. The molecule has 102 valence electrons. The van der Waals surface area contributed by atoms with Crippen molar-refractivity contribution >= 4 is 11.5 Å². The number of carbonyl (C=O) groups excluding carboxylic acids is 1. The van der Waals surface area contributed by atoms with Gasteiger partial charge in [0.15, 0.2) is 5.78 Å². The summed E-state index contributed by atoms with van der Waals surface area (Å²) in [7, 11) is 0. The number of hydrogen-bond donors (Lipinski definition) is 0. The van der Waals surface area contributed by atoms with Gasteiger partial charge in [-0.15, -0.1) is 0 Å². The van der Waals surface area contributed by atoms with Crippen LogP contribution in [0.2, 0.25) is 0 Å². The van der Waals surface area contributed by atoms with Gasteiger partial charge in [-0.2, -0.15) is 0 Å². The Labute approximate surface area is 115 Å². The fourth-order valence-corrected chi connectivity index (χ4v) is 1.68. The second-order valence-corrected chi connectivity index (χ2v) is 4.22. The summed E-state index contributed by atoms with van der Waals surface area (Å²) in [5.41, 5.74) is 0.854. The molecule has 1 aromatic carbocycles. The molecular formula is C14H12N2O4. The third kappa shape index (κ3) is 2.80. The lowest BCUT2D eigenvalue weighted by atomic mass is 10.2. The number of hydrogen-bond acceptors (Lipinski definition) is 5. The van der Waals surface area contributed by atoms with Gasteiger partial charge in [-0.1, -0.05) is 12.1 Å². The zero-order valence-electron chi connectivity index (χ0n) is 11.0. The highest BCUT2D eigenvalue weighted by molar-refractivity contribution is 5.92. The predicted molar refractivity (Wildman–Crippen MR) is 72.1 cm³/mol. The van der Waals surface area contributed by atoms with Crippen molar-refractivity contribution in [2.75, 3.05) is 0 Å². The van der Waals surface area contributed by atoms with Crippen LogP contribution in [-0.4, -0.2) is 15.7 Å². The largest absolute Gasteiger partial charge is 0.448 e. The van der Waals surface area contributed by atoms with Gasteiger partial charge in [-0.05, 0) is 24.6 Å². The van der Waals surface area contributed by atoms with Crippen LogP contribution in [-0.2, 0) is 0 Å². The van der Waals surface area contributed by atoms with Gasteiger partial charge in [-0.25, -0.2) is 4.98 Å². The summed E-state index contributed by atoms with van der Waals surface area (Å²) in [5, 5.41) is 11.0. The Balaban J connectivity index is 2.34. The average molecular weight is 272 g/mol. The van der Waals surface area contributed by atoms with E-state index in [1.807, 2.05) is 0 Å². The molecule has 0 aliphatic rings. The summed E-state index contributed by atoms with van der Waals surface area (Å²) in [6, 6.07) is 7.76. The zero-order valence-corrected chi connectivity index (χ0v) is 11.0. The fraction of sp³-hybridized carbons (Fsp3) is 0.143. The minimum atomic E-state index is -0.500. The summed E-state index contributed by atoms with van der Waals surface area (Å²) in [6.45, 7) is 3.13. The first-order valence-electron chi connectivity index (χ1n) is 5.88. The summed E-state index contributed by atoms with van der Waals surface area (Å²) < 4.78 is 5.52. The highest BCUT2D eigenvalue weighted by atomic mass is 16.6. The minimum absolute atomic E-state index is 0.111. The predicted octanol–water partition coefficient (Wildman–Crippen LogP) is 3.29. The van der Waals surface area contributed by atoms with Crippen LogP contribution in [0.25, 0.3) is 0 Å². The van der Waals surface area contributed by atoms with E-state index in [-0.39, 0.29) is 17.2 Å². The molecule has 0 fully saturated rings. The van der Waals surface area contributed by atoms with Crippen molar-refractivity contribution in [3.05, 3.63) is 57.9 Å². The molecule has 0 N–H and O–H groups in total. The molecular weight excluding hydrogens is 260 g/mol. The first-order chi connectivity index (χ1) is 9.49. The zero-order chi connectivity index (χ0) is 14.7. The number of para-hydroxylation sites is 1. The van der Waals surface area contributed by atoms with Crippen molar-refractivity contribution < 1.29 is 14.5 Å². The number of Topliss-reactive ketones (excluding diaryl/α,β-unsaturated/α-hetero) is 1. The van der Waals surface area contributed by atoms with E-state index >= 15 is 0 Å². The van der Waals surface area contributed by atoms with E-state index in [0.29, 0.717) is 17.0 Å². The van der Waals surface area contributed by atoms with E-state index in [4.69, 9.17) is 4.74 Å². The number of aryl methyl sites for hydroxylation is 1. The Kier molecular flexibility index (Phi) is 3.74. The van der Waals surface area contributed by atoms with Gasteiger partial charge in [0.1, 0.15) is 11.4 Å². The van der Waals surface area contributed by atoms with E-state index in [0.717, 1.165) is 0 Å². The number of carbonyl (C=O) groups is 1. The van der Waals surface area contributed by atoms with Crippen molar-refractivity contribution in [2.45, 2.75) is 13.8 Å². The molecule has 6 nitrogen and oxygen atoms in total. The van der Waals surface area contributed by atoms with Gasteiger partial charge >= 0.3 is 5.69 Å². The molecule has 20 heavy (non-hydrogen) atoms. The Morgan fingerprint density at radius 1 is 1.30 bits per heavy atom. The van der Waals surface area contributed by atoms with Gasteiger partial charge in [-0.3, -0.25) is 14.9 Å². The highest BCUT2D eigenvalue weighted by Gasteiger charge is 2.17. The molecule has 0 amide bonds. The second kappa shape index (κ2) is 5.48. The molecule has 0 aliphatic heterocycles. The number of nitro benzene ring substituents is 1. The number of aromatic nitrogens is 1. The average Bonchev–Trinajstić information content (AvgIpc) is 2.41. The molecule has 6 heteroatoms. The SMILES string of the molecule is CC(=O)c1ccc(Oc2c(C)cccc2[N+](=O)[O-])cn1. The number of nitro groups is 1. The van der Waals surface area contributed by atoms with E-state index in [9.17, 15) is 14.9 Å². The van der Waals surface area contributed by atoms with Gasteiger partial charge in [0.25, 0.3) is 0 Å². The quantitative estimate of drug-likeness (QED) is 0.484. The number of ketones is 1. The van der Waals surface area contributed by atoms with Gasteiger partial charge < -0.3 is 4.74 Å². The van der Waals surface area contributed by atoms with Gasteiger partial charge in [0, 0.05) is 13.0 Å². The summed E-state index contributed by atoms with van der Waals surface area (Å²) in [5.74, 6) is 0.362. The molecule has 0 saturated carbocycles. The van der Waals surface area contributed by atoms with Crippen molar-refractivity contribution in [2.24, 2.45) is 0 Å². The maximum atomic E-state index is 11.1. The third-order valence-electron chi connectivity index (χ3n) is 2.70. The first-order valence-corrected chi connectivity index (χ1v) is 5.88. The minimum Gasteiger partial charge on any atom is -0.448 e. The second-order valence-electron chi connectivity index (χ2n) is 4.22. The van der Waals surface area contributed by atoms with Crippen molar-refractivity contribution in [1.82, 2.24) is 4.98 Å². The lowest BCUT2D eigenvalue weighted by Gasteiger charge is -2.08. The summed E-state index contributed by atoms with van der Waals surface area (Å²) in [4.78, 5) is 25.5. The maximum absolute atomic E-state index is 11.1. The van der Waals surface area contributed by atoms with E-state index in [2.05, 4.69) is 4.98 Å². The molecule has 2 rings (SSSR count). The van der Waals surface area contributed by atoms with E-state index in [1.54, 1.807) is 25.1 Å². The van der Waals surface area contributed by atoms with Gasteiger partial charge in [0.2, 0.25) is 5.75 Å². The fourth-order valence-electron chi connectivity index (χ4n) is 1.68. The third-order valence-corrected chi connectivity index (χ3v) is 2.70. The molecule has 0 aliphatic carbocycles. The molecule has 1 heterocycles. The number of rotatable bonds is 4. The highest BCUT2D eigenvalue weighted by Crippen LogP contribution is 2.34. The molecule has 0 saturated heterocycles. The van der Waals surface area contributed by atoms with Crippen LogP contribution in [0, 0.1) is 17.0 Å². The standard InChI is InChI=1S/C14H12N2O4/c1-9-4-3-5-13(16(18)19)14(9)20-11-6-7-12(10(2)17)15-8-11/h3-8H,1-2H3. The number of ether oxygens (including phenoxy) is 1. The van der Waals surface area contributed by atoms with Crippen LogP contribution >= 0.6 is 0 Å². The maximum Gasteiger partial charge on any atom is 0.311 e.